The van der Waals surface area contributed by atoms with Crippen molar-refractivity contribution in [1.29, 1.82) is 0 Å². The number of nitrogens with one attached hydrogen (secondary N) is 1. The van der Waals surface area contributed by atoms with E-state index < -0.39 is 26.6 Å². The molecule has 22 heavy (non-hydrogen) atoms. The third-order valence-electron chi connectivity index (χ3n) is 3.14. The van der Waals surface area contributed by atoms with Gasteiger partial charge in [-0.25, -0.2) is 12.8 Å². The molecular formula is C12H16Cl2FN3O3S. The van der Waals surface area contributed by atoms with Gasteiger partial charge in [0.15, 0.2) is 0 Å². The molecule has 1 heterocycles. The maximum atomic E-state index is 14.1. The minimum atomic E-state index is -3.99. The Morgan fingerprint density at radius 2 is 2.14 bits per heavy atom. The molecule has 2 rings (SSSR count). The third kappa shape index (κ3) is 3.88. The Morgan fingerprint density at radius 1 is 1.50 bits per heavy atom. The van der Waals surface area contributed by atoms with Gasteiger partial charge < -0.3 is 11.1 Å². The molecule has 0 unspecified atom stereocenters. The highest BCUT2D eigenvalue weighted by Gasteiger charge is 2.33. The Morgan fingerprint density at radius 3 is 2.64 bits per heavy atom. The summed E-state index contributed by atoms with van der Waals surface area (Å²) in [4.78, 5) is 10.5. The molecule has 1 aromatic rings. The van der Waals surface area contributed by atoms with Gasteiger partial charge in [0.2, 0.25) is 15.9 Å². The Bertz CT molecular complexity index is 684. The van der Waals surface area contributed by atoms with Crippen LogP contribution in [-0.4, -0.2) is 37.8 Å². The molecular weight excluding hydrogens is 356 g/mol. The van der Waals surface area contributed by atoms with Gasteiger partial charge in [-0.1, -0.05) is 11.6 Å². The van der Waals surface area contributed by atoms with Crippen LogP contribution in [0.2, 0.25) is 5.02 Å². The number of carbonyl (C=O) groups is 1. The average molecular weight is 372 g/mol. The number of rotatable bonds is 3. The summed E-state index contributed by atoms with van der Waals surface area (Å²) >= 11 is 5.90. The third-order valence-corrected chi connectivity index (χ3v) is 5.33. The highest BCUT2D eigenvalue weighted by molar-refractivity contribution is 7.89. The summed E-state index contributed by atoms with van der Waals surface area (Å²) in [5, 5.41) is 2.28. The Kier molecular flexibility index (Phi) is 6.17. The summed E-state index contributed by atoms with van der Waals surface area (Å²) in [6, 6.07) is 1.64. The second-order valence-electron chi connectivity index (χ2n) is 4.86. The molecule has 1 aliphatic rings. The number of nitrogens with two attached hydrogens (primary N) is 1. The molecule has 6 nitrogen and oxygen atoms in total. The van der Waals surface area contributed by atoms with Crippen LogP contribution in [0.1, 0.15) is 13.3 Å². The van der Waals surface area contributed by atoms with Crippen molar-refractivity contribution in [2.24, 2.45) is 5.73 Å². The van der Waals surface area contributed by atoms with Crippen LogP contribution in [0.15, 0.2) is 17.0 Å². The van der Waals surface area contributed by atoms with Crippen molar-refractivity contribution in [2.45, 2.75) is 24.3 Å². The monoisotopic (exact) mass is 371 g/mol. The molecule has 0 aromatic heterocycles. The molecule has 0 aliphatic carbocycles. The normalized spacial score (nSPS) is 18.8. The van der Waals surface area contributed by atoms with Gasteiger partial charge in [-0.3, -0.25) is 4.79 Å². The first-order valence-corrected chi connectivity index (χ1v) is 8.06. The molecule has 1 amide bonds. The first kappa shape index (κ1) is 19.1. The first-order valence-electron chi connectivity index (χ1n) is 6.24. The summed E-state index contributed by atoms with van der Waals surface area (Å²) in [7, 11) is -3.99. The van der Waals surface area contributed by atoms with E-state index in [0.29, 0.717) is 6.42 Å². The lowest BCUT2D eigenvalue weighted by molar-refractivity contribution is -0.114. The van der Waals surface area contributed by atoms with Crippen LogP contribution in [-0.2, 0) is 14.8 Å². The van der Waals surface area contributed by atoms with E-state index in [4.69, 9.17) is 17.3 Å². The number of anilines is 1. The van der Waals surface area contributed by atoms with Crippen LogP contribution in [0, 0.1) is 5.82 Å². The van der Waals surface area contributed by atoms with E-state index in [-0.39, 0.29) is 42.2 Å². The molecule has 0 saturated carbocycles. The van der Waals surface area contributed by atoms with Crippen molar-refractivity contribution in [3.05, 3.63) is 23.0 Å². The van der Waals surface area contributed by atoms with Gasteiger partial charge in [-0.15, -0.1) is 12.4 Å². The van der Waals surface area contributed by atoms with Crippen LogP contribution in [0.4, 0.5) is 10.1 Å². The zero-order valence-electron chi connectivity index (χ0n) is 11.7. The lowest BCUT2D eigenvalue weighted by Gasteiger charge is -2.17. The summed E-state index contributed by atoms with van der Waals surface area (Å²) in [5.41, 5.74) is 5.70. The first-order chi connectivity index (χ1) is 9.71. The predicted molar refractivity (Wildman–Crippen MR) is 84.3 cm³/mol. The molecule has 1 aliphatic heterocycles. The van der Waals surface area contributed by atoms with Gasteiger partial charge in [0.05, 0.1) is 10.7 Å². The van der Waals surface area contributed by atoms with E-state index in [2.05, 4.69) is 5.32 Å². The highest BCUT2D eigenvalue weighted by atomic mass is 35.5. The minimum absolute atomic E-state index is 0. The number of carbonyl (C=O) groups excluding carboxylic acids is 1. The number of hydrogen-bond acceptors (Lipinski definition) is 4. The van der Waals surface area contributed by atoms with Gasteiger partial charge >= 0.3 is 0 Å². The summed E-state index contributed by atoms with van der Waals surface area (Å²) in [6.07, 6.45) is 0.526. The largest absolute Gasteiger partial charge is 0.326 e. The zero-order valence-corrected chi connectivity index (χ0v) is 14.1. The number of benzene rings is 1. The van der Waals surface area contributed by atoms with Crippen LogP contribution >= 0.6 is 24.0 Å². The second-order valence-corrected chi connectivity index (χ2v) is 7.17. The molecule has 0 spiro atoms. The molecule has 124 valence electrons. The topological polar surface area (TPSA) is 92.5 Å². The fraction of sp³-hybridized carbons (Fsp3) is 0.417. The SMILES string of the molecule is CC(=O)Nc1cc(F)c(S(=O)(=O)N2CC[C@@H](N)C2)cc1Cl.Cl. The molecule has 10 heteroatoms. The molecule has 3 N–H and O–H groups in total. The van der Waals surface area contributed by atoms with E-state index in [1.165, 1.54) is 6.92 Å². The van der Waals surface area contributed by atoms with Crippen LogP contribution in [0.3, 0.4) is 0 Å². The molecule has 1 aromatic carbocycles. The number of sulfonamides is 1. The Labute approximate surface area is 139 Å². The van der Waals surface area contributed by atoms with Crippen LogP contribution in [0.5, 0.6) is 0 Å². The van der Waals surface area contributed by atoms with Gasteiger partial charge in [-0.05, 0) is 12.5 Å². The van der Waals surface area contributed by atoms with Crippen molar-refractivity contribution < 1.29 is 17.6 Å². The molecule has 0 radical (unpaired) electrons. The summed E-state index contributed by atoms with van der Waals surface area (Å²) < 4.78 is 40.0. The van der Waals surface area contributed by atoms with E-state index in [0.717, 1.165) is 16.4 Å². The van der Waals surface area contributed by atoms with E-state index in [1.807, 2.05) is 0 Å². The summed E-state index contributed by atoms with van der Waals surface area (Å²) in [5.74, 6) is -1.40. The fourth-order valence-electron chi connectivity index (χ4n) is 2.12. The lowest BCUT2D eigenvalue weighted by atomic mass is 10.3. The smallest absolute Gasteiger partial charge is 0.246 e. The van der Waals surface area contributed by atoms with Crippen molar-refractivity contribution in [3.63, 3.8) is 0 Å². The van der Waals surface area contributed by atoms with Crippen molar-refractivity contribution >= 4 is 45.6 Å². The van der Waals surface area contributed by atoms with Gasteiger partial charge in [-0.2, -0.15) is 4.31 Å². The number of amides is 1. The van der Waals surface area contributed by atoms with Crippen molar-refractivity contribution in [3.8, 4) is 0 Å². The van der Waals surface area contributed by atoms with Crippen molar-refractivity contribution in [2.75, 3.05) is 18.4 Å². The zero-order chi connectivity index (χ0) is 15.8. The maximum Gasteiger partial charge on any atom is 0.246 e. The second kappa shape index (κ2) is 7.10. The van der Waals surface area contributed by atoms with Crippen molar-refractivity contribution in [1.82, 2.24) is 4.31 Å². The number of halogens is 3. The van der Waals surface area contributed by atoms with Gasteiger partial charge in [0.25, 0.3) is 0 Å². The van der Waals surface area contributed by atoms with E-state index in [9.17, 15) is 17.6 Å². The van der Waals surface area contributed by atoms with Crippen LogP contribution < -0.4 is 11.1 Å². The number of nitrogens with zero attached hydrogens (tertiary/aromatic N) is 1. The average Bonchev–Trinajstić information content (AvgIpc) is 2.80. The standard InChI is InChI=1S/C12H15ClFN3O3S.ClH/c1-7(18)16-11-5-10(14)12(4-9(11)13)21(19,20)17-3-2-8(15)6-17;/h4-5,8H,2-3,6,15H2,1H3,(H,16,18);1H/t8-;/m1./s1. The quantitative estimate of drug-likeness (QED) is 0.843. The minimum Gasteiger partial charge on any atom is -0.326 e. The Hall–Kier alpha value is -0.930. The molecule has 1 fully saturated rings. The van der Waals surface area contributed by atoms with Crippen LogP contribution in [0.25, 0.3) is 0 Å². The molecule has 1 atom stereocenters. The molecule has 1 saturated heterocycles. The highest BCUT2D eigenvalue weighted by Crippen LogP contribution is 2.30. The van der Waals surface area contributed by atoms with Gasteiger partial charge in [0, 0.05) is 32.1 Å². The summed E-state index contributed by atoms with van der Waals surface area (Å²) in [6.45, 7) is 1.63. The van der Waals surface area contributed by atoms with E-state index in [1.54, 1.807) is 0 Å². The predicted octanol–water partition coefficient (Wildman–Crippen LogP) is 1.58. The lowest BCUT2D eigenvalue weighted by Crippen LogP contribution is -2.32. The van der Waals surface area contributed by atoms with Gasteiger partial charge in [0.1, 0.15) is 10.7 Å². The number of hydrogen-bond donors (Lipinski definition) is 2. The molecule has 0 bridgehead atoms. The maximum absolute atomic E-state index is 14.1. The fourth-order valence-corrected chi connectivity index (χ4v) is 3.98. The van der Waals surface area contributed by atoms with E-state index >= 15 is 0 Å². The Balaban J connectivity index is 0.00000242.